The van der Waals surface area contributed by atoms with Gasteiger partial charge in [0.1, 0.15) is 35.0 Å². The van der Waals surface area contributed by atoms with Crippen molar-refractivity contribution in [2.45, 2.75) is 6.54 Å². The molecule has 0 saturated carbocycles. The normalized spacial score (nSPS) is 11.2. The molecule has 0 spiro atoms. The van der Waals surface area contributed by atoms with Crippen LogP contribution in [0.4, 0.5) is 10.2 Å². The topological polar surface area (TPSA) is 110 Å². The fourth-order valence-corrected chi connectivity index (χ4v) is 3.53. The van der Waals surface area contributed by atoms with Crippen LogP contribution in [0.25, 0.3) is 27.8 Å². The van der Waals surface area contributed by atoms with Crippen molar-refractivity contribution in [1.82, 2.24) is 34.5 Å². The molecule has 0 aliphatic heterocycles. The Morgan fingerprint density at radius 2 is 1.90 bits per heavy atom. The van der Waals surface area contributed by atoms with Gasteiger partial charge in [-0.2, -0.15) is 0 Å². The third-order valence-corrected chi connectivity index (χ3v) is 4.91. The minimum atomic E-state index is -0.378. The standard InChI is InChI=1S/C21H17FN8O/c1-31-21-14(5-4-8-24-21)15-11-29(20-18(15)19(23)25-12-26-20)9-13-10-30(28-27-13)17-7-3-2-6-16(17)22/h2-8,10-12H,9H2,1H3,(H2,23,25,26). The molecule has 0 fully saturated rings. The van der Waals surface area contributed by atoms with Crippen molar-refractivity contribution in [3.8, 4) is 22.7 Å². The fourth-order valence-electron chi connectivity index (χ4n) is 3.53. The Bertz CT molecular complexity index is 1390. The predicted molar refractivity (Wildman–Crippen MR) is 112 cm³/mol. The largest absolute Gasteiger partial charge is 0.481 e. The minimum Gasteiger partial charge on any atom is -0.481 e. The van der Waals surface area contributed by atoms with Gasteiger partial charge in [-0.3, -0.25) is 0 Å². The monoisotopic (exact) mass is 416 g/mol. The van der Waals surface area contributed by atoms with E-state index < -0.39 is 0 Å². The number of halogens is 1. The number of nitrogen functional groups attached to an aromatic ring is 1. The first-order valence-electron chi connectivity index (χ1n) is 9.40. The van der Waals surface area contributed by atoms with Crippen LogP contribution in [0.3, 0.4) is 0 Å². The summed E-state index contributed by atoms with van der Waals surface area (Å²) in [7, 11) is 1.56. The van der Waals surface area contributed by atoms with Crippen molar-refractivity contribution in [1.29, 1.82) is 0 Å². The summed E-state index contributed by atoms with van der Waals surface area (Å²) in [6, 6.07) is 10.1. The number of nitrogens with zero attached hydrogens (tertiary/aromatic N) is 7. The molecule has 5 rings (SSSR count). The number of nitrogens with two attached hydrogens (primary N) is 1. The first-order valence-corrected chi connectivity index (χ1v) is 9.40. The summed E-state index contributed by atoms with van der Waals surface area (Å²) < 4.78 is 22.8. The highest BCUT2D eigenvalue weighted by atomic mass is 19.1. The number of ether oxygens (including phenoxy) is 1. The van der Waals surface area contributed by atoms with Crippen molar-refractivity contribution < 1.29 is 9.13 Å². The van der Waals surface area contributed by atoms with E-state index >= 15 is 0 Å². The van der Waals surface area contributed by atoms with Crippen LogP contribution in [0.5, 0.6) is 5.88 Å². The molecule has 0 atom stereocenters. The summed E-state index contributed by atoms with van der Waals surface area (Å²) in [5.41, 5.74) is 9.34. The molecule has 0 radical (unpaired) electrons. The van der Waals surface area contributed by atoms with Crippen molar-refractivity contribution in [3.05, 3.63) is 72.8 Å². The van der Waals surface area contributed by atoms with Crippen molar-refractivity contribution >= 4 is 16.9 Å². The zero-order chi connectivity index (χ0) is 21.4. The number of hydrogen-bond acceptors (Lipinski definition) is 7. The summed E-state index contributed by atoms with van der Waals surface area (Å²) >= 11 is 0. The van der Waals surface area contributed by atoms with E-state index in [0.717, 1.165) is 11.1 Å². The van der Waals surface area contributed by atoms with E-state index in [1.807, 2.05) is 22.9 Å². The molecule has 0 bridgehead atoms. The highest BCUT2D eigenvalue weighted by Crippen LogP contribution is 2.36. The Morgan fingerprint density at radius 1 is 1.03 bits per heavy atom. The van der Waals surface area contributed by atoms with E-state index in [9.17, 15) is 4.39 Å². The van der Waals surface area contributed by atoms with Crippen LogP contribution in [-0.4, -0.2) is 41.6 Å². The summed E-state index contributed by atoms with van der Waals surface area (Å²) in [5, 5.41) is 8.94. The number of pyridine rings is 1. The molecule has 9 nitrogen and oxygen atoms in total. The van der Waals surface area contributed by atoms with Crippen LogP contribution in [0.1, 0.15) is 5.69 Å². The third kappa shape index (κ3) is 3.23. The maximum absolute atomic E-state index is 14.1. The van der Waals surface area contributed by atoms with Gasteiger partial charge in [0.25, 0.3) is 0 Å². The molecular weight excluding hydrogens is 399 g/mol. The highest BCUT2D eigenvalue weighted by Gasteiger charge is 2.19. The Balaban J connectivity index is 1.59. The molecule has 5 aromatic rings. The lowest BCUT2D eigenvalue weighted by atomic mass is 10.1. The third-order valence-electron chi connectivity index (χ3n) is 4.91. The fraction of sp³-hybridized carbons (Fsp3) is 0.0952. The van der Waals surface area contributed by atoms with Gasteiger partial charge in [0.05, 0.1) is 25.2 Å². The average molecular weight is 416 g/mol. The lowest BCUT2D eigenvalue weighted by Gasteiger charge is -2.06. The molecule has 1 aromatic carbocycles. The number of aromatic nitrogens is 7. The maximum Gasteiger partial charge on any atom is 0.221 e. The molecule has 31 heavy (non-hydrogen) atoms. The van der Waals surface area contributed by atoms with Gasteiger partial charge in [0, 0.05) is 23.5 Å². The Labute approximate surface area is 176 Å². The molecule has 0 aliphatic carbocycles. The number of fused-ring (bicyclic) bond motifs is 1. The molecule has 2 N–H and O–H groups in total. The summed E-state index contributed by atoms with van der Waals surface area (Å²) in [5.74, 6) is 0.437. The van der Waals surface area contributed by atoms with E-state index in [4.69, 9.17) is 10.5 Å². The zero-order valence-corrected chi connectivity index (χ0v) is 16.5. The SMILES string of the molecule is COc1ncccc1-c1cn(Cc2cn(-c3ccccc3F)nn2)c2ncnc(N)c12. The first-order chi connectivity index (χ1) is 15.2. The number of hydrogen-bond donors (Lipinski definition) is 1. The van der Waals surface area contributed by atoms with Crippen LogP contribution in [0, 0.1) is 5.82 Å². The Kier molecular flexibility index (Phi) is 4.51. The van der Waals surface area contributed by atoms with E-state index in [1.54, 1.807) is 37.7 Å². The lowest BCUT2D eigenvalue weighted by molar-refractivity contribution is 0.400. The molecule has 154 valence electrons. The molecule has 4 aromatic heterocycles. The molecule has 0 saturated heterocycles. The second kappa shape index (κ2) is 7.48. The number of anilines is 1. The van der Waals surface area contributed by atoms with Gasteiger partial charge in [-0.15, -0.1) is 5.10 Å². The van der Waals surface area contributed by atoms with Crippen LogP contribution in [0.2, 0.25) is 0 Å². The molecule has 0 unspecified atom stereocenters. The maximum atomic E-state index is 14.1. The van der Waals surface area contributed by atoms with Crippen molar-refractivity contribution in [2.75, 3.05) is 12.8 Å². The number of methoxy groups -OCH3 is 1. The number of benzene rings is 1. The van der Waals surface area contributed by atoms with E-state index in [2.05, 4.69) is 25.3 Å². The molecule has 0 aliphatic rings. The smallest absolute Gasteiger partial charge is 0.221 e. The van der Waals surface area contributed by atoms with Crippen LogP contribution in [0.15, 0.2) is 61.3 Å². The van der Waals surface area contributed by atoms with Crippen LogP contribution >= 0.6 is 0 Å². The van der Waals surface area contributed by atoms with Gasteiger partial charge in [0.2, 0.25) is 5.88 Å². The van der Waals surface area contributed by atoms with Crippen LogP contribution < -0.4 is 10.5 Å². The highest BCUT2D eigenvalue weighted by molar-refractivity contribution is 6.01. The summed E-state index contributed by atoms with van der Waals surface area (Å²) in [6.45, 7) is 0.351. The minimum absolute atomic E-state index is 0.325. The average Bonchev–Trinajstić information content (AvgIpc) is 3.40. The molecular formula is C21H17FN8O. The molecule has 4 heterocycles. The van der Waals surface area contributed by atoms with Crippen LogP contribution in [-0.2, 0) is 6.54 Å². The Morgan fingerprint density at radius 3 is 2.74 bits per heavy atom. The van der Waals surface area contributed by atoms with Gasteiger partial charge in [-0.05, 0) is 24.3 Å². The quantitative estimate of drug-likeness (QED) is 0.469. The summed E-state index contributed by atoms with van der Waals surface area (Å²) in [4.78, 5) is 12.8. The van der Waals surface area contributed by atoms with E-state index in [0.29, 0.717) is 40.7 Å². The first kappa shape index (κ1) is 18.7. The van der Waals surface area contributed by atoms with Crippen molar-refractivity contribution in [2.24, 2.45) is 0 Å². The summed E-state index contributed by atoms with van der Waals surface area (Å²) in [6.07, 6.45) is 6.65. The van der Waals surface area contributed by atoms with E-state index in [1.165, 1.54) is 17.1 Å². The van der Waals surface area contributed by atoms with Crippen molar-refractivity contribution in [3.63, 3.8) is 0 Å². The lowest BCUT2D eigenvalue weighted by Crippen LogP contribution is -2.01. The predicted octanol–water partition coefficient (Wildman–Crippen LogP) is 2.85. The Hall–Kier alpha value is -4.34. The van der Waals surface area contributed by atoms with Gasteiger partial charge in [-0.25, -0.2) is 24.0 Å². The van der Waals surface area contributed by atoms with E-state index in [-0.39, 0.29) is 5.82 Å². The number of para-hydroxylation sites is 1. The van der Waals surface area contributed by atoms with Gasteiger partial charge in [-0.1, -0.05) is 17.3 Å². The second-order valence-corrected chi connectivity index (χ2v) is 6.79. The van der Waals surface area contributed by atoms with Gasteiger partial charge >= 0.3 is 0 Å². The van der Waals surface area contributed by atoms with Gasteiger partial charge in [0.15, 0.2) is 0 Å². The molecule has 10 heteroatoms. The number of rotatable bonds is 5. The molecule has 0 amide bonds. The second-order valence-electron chi connectivity index (χ2n) is 6.79. The van der Waals surface area contributed by atoms with Gasteiger partial charge < -0.3 is 15.0 Å². The zero-order valence-electron chi connectivity index (χ0n) is 16.5.